The minimum absolute atomic E-state index is 0.000977. The Morgan fingerprint density at radius 1 is 0.967 bits per heavy atom. The number of carbonyl (C=O) groups excluding carboxylic acids is 1. The van der Waals surface area contributed by atoms with Crippen LogP contribution in [0.1, 0.15) is 6.42 Å². The van der Waals surface area contributed by atoms with Gasteiger partial charge >= 0.3 is 0 Å². The van der Waals surface area contributed by atoms with Gasteiger partial charge in [-0.3, -0.25) is 9.52 Å². The molecule has 0 heterocycles. The molecule has 9 heteroatoms. The number of hydrogen-bond donors (Lipinski definition) is 2. The average molecular weight is 449 g/mol. The lowest BCUT2D eigenvalue weighted by molar-refractivity contribution is -0.116. The summed E-state index contributed by atoms with van der Waals surface area (Å²) in [7, 11) is -3.83. The molecule has 0 bridgehead atoms. The van der Waals surface area contributed by atoms with Crippen LogP contribution in [0.25, 0.3) is 0 Å². The summed E-state index contributed by atoms with van der Waals surface area (Å²) in [5.41, 5.74) is 0.689. The van der Waals surface area contributed by atoms with Gasteiger partial charge in [0.1, 0.15) is 0 Å². The van der Waals surface area contributed by atoms with Crippen molar-refractivity contribution in [3.8, 4) is 5.75 Å². The molecule has 0 atom stereocenters. The Balaban J connectivity index is 1.55. The molecule has 0 fully saturated rings. The van der Waals surface area contributed by atoms with Crippen LogP contribution in [0.3, 0.4) is 0 Å². The van der Waals surface area contributed by atoms with Crippen molar-refractivity contribution in [2.24, 2.45) is 0 Å². The van der Waals surface area contributed by atoms with Crippen molar-refractivity contribution in [2.45, 2.75) is 11.3 Å². The highest BCUT2D eigenvalue weighted by atomic mass is 35.5. The predicted octanol–water partition coefficient (Wildman–Crippen LogP) is 4.69. The van der Waals surface area contributed by atoms with Crippen LogP contribution in [0.2, 0.25) is 5.02 Å². The molecule has 3 rings (SSSR count). The summed E-state index contributed by atoms with van der Waals surface area (Å²) >= 11 is 5.98. The van der Waals surface area contributed by atoms with E-state index in [1.807, 2.05) is 0 Å². The van der Waals surface area contributed by atoms with Gasteiger partial charge in [0.15, 0.2) is 11.6 Å². The van der Waals surface area contributed by atoms with Gasteiger partial charge in [-0.2, -0.15) is 0 Å². The first kappa shape index (κ1) is 21.6. The van der Waals surface area contributed by atoms with Gasteiger partial charge in [0.05, 0.1) is 28.6 Å². The van der Waals surface area contributed by atoms with Gasteiger partial charge in [-0.15, -0.1) is 0 Å². The number of hydrogen-bond acceptors (Lipinski definition) is 4. The summed E-state index contributed by atoms with van der Waals surface area (Å²) in [6.45, 7) is 0.000977. The zero-order chi connectivity index (χ0) is 21.6. The Bertz CT molecular complexity index is 1140. The molecule has 6 nitrogen and oxygen atoms in total. The number of rotatable bonds is 8. The Morgan fingerprint density at radius 2 is 1.63 bits per heavy atom. The normalized spacial score (nSPS) is 11.0. The van der Waals surface area contributed by atoms with Crippen molar-refractivity contribution < 1.29 is 22.3 Å². The van der Waals surface area contributed by atoms with E-state index in [1.54, 1.807) is 36.4 Å². The van der Waals surface area contributed by atoms with E-state index in [-0.39, 0.29) is 40.3 Å². The number of sulfonamides is 1. The minimum Gasteiger partial charge on any atom is -0.490 e. The molecule has 30 heavy (non-hydrogen) atoms. The molecule has 0 aliphatic heterocycles. The third-order valence-electron chi connectivity index (χ3n) is 3.99. The van der Waals surface area contributed by atoms with E-state index < -0.39 is 15.8 Å². The zero-order valence-corrected chi connectivity index (χ0v) is 17.2. The van der Waals surface area contributed by atoms with Gasteiger partial charge in [-0.25, -0.2) is 12.8 Å². The van der Waals surface area contributed by atoms with Crippen molar-refractivity contribution in [3.05, 3.63) is 83.6 Å². The molecule has 0 spiro atoms. The van der Waals surface area contributed by atoms with Crippen LogP contribution in [0.15, 0.2) is 77.7 Å². The van der Waals surface area contributed by atoms with E-state index in [9.17, 15) is 17.6 Å². The largest absolute Gasteiger partial charge is 0.490 e. The molecule has 0 saturated carbocycles. The van der Waals surface area contributed by atoms with E-state index >= 15 is 0 Å². The number of halogens is 2. The van der Waals surface area contributed by atoms with Crippen molar-refractivity contribution >= 4 is 38.9 Å². The topological polar surface area (TPSA) is 84.5 Å². The number of ether oxygens (including phenoxy) is 1. The Labute approximate surface area is 178 Å². The number of nitrogens with one attached hydrogen (secondary N) is 2. The second-order valence-electron chi connectivity index (χ2n) is 6.19. The number of amides is 1. The second kappa shape index (κ2) is 9.60. The van der Waals surface area contributed by atoms with E-state index in [1.165, 1.54) is 36.4 Å². The lowest BCUT2D eigenvalue weighted by atomic mass is 10.3. The van der Waals surface area contributed by atoms with Gasteiger partial charge in [0.2, 0.25) is 5.91 Å². The van der Waals surface area contributed by atoms with E-state index in [2.05, 4.69) is 10.0 Å². The quantitative estimate of drug-likeness (QED) is 0.523. The lowest BCUT2D eigenvalue weighted by Gasteiger charge is -2.11. The van der Waals surface area contributed by atoms with Crippen molar-refractivity contribution in [1.29, 1.82) is 0 Å². The van der Waals surface area contributed by atoms with Crippen molar-refractivity contribution in [1.82, 2.24) is 0 Å². The highest BCUT2D eigenvalue weighted by Crippen LogP contribution is 2.24. The lowest BCUT2D eigenvalue weighted by Crippen LogP contribution is -2.16. The first-order valence-electron chi connectivity index (χ1n) is 8.90. The zero-order valence-electron chi connectivity index (χ0n) is 15.6. The summed E-state index contributed by atoms with van der Waals surface area (Å²) in [6, 6.07) is 18.1. The molecule has 2 N–H and O–H groups in total. The second-order valence-corrected chi connectivity index (χ2v) is 8.28. The number of anilines is 2. The number of para-hydroxylation sites is 2. The van der Waals surface area contributed by atoms with E-state index in [0.717, 1.165) is 0 Å². The molecule has 3 aromatic carbocycles. The van der Waals surface area contributed by atoms with Gasteiger partial charge in [-0.05, 0) is 48.5 Å². The Morgan fingerprint density at radius 3 is 2.33 bits per heavy atom. The fourth-order valence-corrected chi connectivity index (χ4v) is 3.82. The summed E-state index contributed by atoms with van der Waals surface area (Å²) in [5.74, 6) is -0.776. The fourth-order valence-electron chi connectivity index (χ4n) is 2.50. The molecule has 0 aliphatic carbocycles. The third-order valence-corrected chi connectivity index (χ3v) is 5.70. The highest BCUT2D eigenvalue weighted by Gasteiger charge is 2.16. The minimum atomic E-state index is -3.83. The molecule has 3 aromatic rings. The SMILES string of the molecule is O=C(CCOc1ccccc1F)Nc1ccc(S(=O)(=O)Nc2ccccc2Cl)cc1. The summed E-state index contributed by atoms with van der Waals surface area (Å²) in [6.07, 6.45) is 0.00243. The van der Waals surface area contributed by atoms with Crippen LogP contribution in [0.4, 0.5) is 15.8 Å². The molecule has 0 radical (unpaired) electrons. The molecule has 1 amide bonds. The molecule has 0 aromatic heterocycles. The molecule has 0 aliphatic rings. The van der Waals surface area contributed by atoms with Crippen LogP contribution in [0, 0.1) is 5.82 Å². The van der Waals surface area contributed by atoms with Gasteiger partial charge in [0.25, 0.3) is 10.0 Å². The maximum atomic E-state index is 13.5. The molecular formula is C21H18ClFN2O4S. The number of benzene rings is 3. The summed E-state index contributed by atoms with van der Waals surface area (Å²) < 4.78 is 46.1. The Kier molecular flexibility index (Phi) is 6.91. The molecule has 156 valence electrons. The first-order chi connectivity index (χ1) is 14.3. The molecule has 0 saturated heterocycles. The maximum Gasteiger partial charge on any atom is 0.261 e. The predicted molar refractivity (Wildman–Crippen MR) is 114 cm³/mol. The van der Waals surface area contributed by atoms with Gasteiger partial charge in [-0.1, -0.05) is 35.9 Å². The van der Waals surface area contributed by atoms with Crippen molar-refractivity contribution in [2.75, 3.05) is 16.6 Å². The van der Waals surface area contributed by atoms with Crippen LogP contribution in [-0.2, 0) is 14.8 Å². The Hall–Kier alpha value is -3.10. The van der Waals surface area contributed by atoms with Gasteiger partial charge in [0, 0.05) is 5.69 Å². The van der Waals surface area contributed by atoms with E-state index in [4.69, 9.17) is 16.3 Å². The molecular weight excluding hydrogens is 431 g/mol. The monoisotopic (exact) mass is 448 g/mol. The van der Waals surface area contributed by atoms with Gasteiger partial charge < -0.3 is 10.1 Å². The van der Waals surface area contributed by atoms with Crippen LogP contribution >= 0.6 is 11.6 Å². The van der Waals surface area contributed by atoms with Crippen LogP contribution < -0.4 is 14.8 Å². The van der Waals surface area contributed by atoms with Crippen LogP contribution in [-0.4, -0.2) is 20.9 Å². The van der Waals surface area contributed by atoms with E-state index in [0.29, 0.717) is 5.69 Å². The average Bonchev–Trinajstić information content (AvgIpc) is 2.71. The number of carbonyl (C=O) groups is 1. The molecule has 0 unspecified atom stereocenters. The standard InChI is InChI=1S/C21H18ClFN2O4S/c22-17-5-1-3-7-19(17)25-30(27,28)16-11-9-15(10-12-16)24-21(26)13-14-29-20-8-4-2-6-18(20)23/h1-12,25H,13-14H2,(H,24,26). The fraction of sp³-hybridized carbons (Fsp3) is 0.0952. The first-order valence-corrected chi connectivity index (χ1v) is 10.8. The highest BCUT2D eigenvalue weighted by molar-refractivity contribution is 7.92. The van der Waals surface area contributed by atoms with Crippen molar-refractivity contribution in [3.63, 3.8) is 0 Å². The third kappa shape index (κ3) is 5.71. The van der Waals surface area contributed by atoms with Crippen LogP contribution in [0.5, 0.6) is 5.75 Å². The maximum absolute atomic E-state index is 13.5. The summed E-state index contributed by atoms with van der Waals surface area (Å²) in [4.78, 5) is 12.0. The smallest absolute Gasteiger partial charge is 0.261 e. The summed E-state index contributed by atoms with van der Waals surface area (Å²) in [5, 5.41) is 2.91.